The number of carbonyl (C=O) groups is 1. The van der Waals surface area contributed by atoms with E-state index in [-0.39, 0.29) is 11.4 Å². The summed E-state index contributed by atoms with van der Waals surface area (Å²) in [5.74, 6) is 0.0325. The van der Waals surface area contributed by atoms with Gasteiger partial charge in [0.25, 0.3) is 5.91 Å². The minimum absolute atomic E-state index is 0.0657. The normalized spacial score (nSPS) is 10.5. The molecule has 1 amide bonds. The van der Waals surface area contributed by atoms with Gasteiger partial charge in [-0.3, -0.25) is 9.78 Å². The van der Waals surface area contributed by atoms with Crippen molar-refractivity contribution in [2.45, 2.75) is 6.61 Å². The van der Waals surface area contributed by atoms with Crippen LogP contribution in [0.2, 0.25) is 0 Å². The van der Waals surface area contributed by atoms with Gasteiger partial charge >= 0.3 is 0 Å². The first-order valence-corrected chi connectivity index (χ1v) is 8.95. The van der Waals surface area contributed by atoms with E-state index in [9.17, 15) is 4.79 Å². The maximum Gasteiger partial charge on any atom is 0.263 e. The molecule has 3 N–H and O–H groups in total. The second kappa shape index (κ2) is 8.26. The highest BCUT2D eigenvalue weighted by molar-refractivity contribution is 6.11. The Kier molecular flexibility index (Phi) is 5.20. The molecule has 0 unspecified atom stereocenters. The highest BCUT2D eigenvalue weighted by Gasteiger charge is 2.23. The van der Waals surface area contributed by atoms with Crippen LogP contribution >= 0.6 is 0 Å². The van der Waals surface area contributed by atoms with Crippen LogP contribution in [-0.4, -0.2) is 16.0 Å². The van der Waals surface area contributed by atoms with Crippen LogP contribution in [0.5, 0.6) is 5.75 Å². The van der Waals surface area contributed by atoms with Crippen molar-refractivity contribution in [3.05, 3.63) is 90.3 Å². The first-order chi connectivity index (χ1) is 14.2. The Morgan fingerprint density at radius 3 is 2.62 bits per heavy atom. The lowest BCUT2D eigenvalue weighted by Gasteiger charge is -2.12. The van der Waals surface area contributed by atoms with Gasteiger partial charge in [-0.25, -0.2) is 0 Å². The minimum atomic E-state index is -0.446. The van der Waals surface area contributed by atoms with Crippen molar-refractivity contribution >= 4 is 17.5 Å². The van der Waals surface area contributed by atoms with Crippen molar-refractivity contribution in [1.29, 1.82) is 0 Å². The van der Waals surface area contributed by atoms with Crippen molar-refractivity contribution in [2.75, 3.05) is 11.1 Å². The van der Waals surface area contributed by atoms with Gasteiger partial charge < -0.3 is 20.3 Å². The molecule has 0 radical (unpaired) electrons. The molecule has 0 aliphatic carbocycles. The number of nitrogens with zero attached hydrogens (tertiary/aromatic N) is 2. The van der Waals surface area contributed by atoms with Crippen molar-refractivity contribution in [3.63, 3.8) is 0 Å². The standard InChI is InChI=1S/C22H18N4O3/c23-21-19(20(26-29-21)16-9-6-12-24-13-16)22(27)25-17-10-4-5-11-18(17)28-14-15-7-2-1-3-8-15/h1-13H,14,23H2,(H,25,27). The number of nitrogens with one attached hydrogen (secondary N) is 1. The molecule has 0 saturated heterocycles. The highest BCUT2D eigenvalue weighted by Crippen LogP contribution is 2.30. The number of ether oxygens (including phenoxy) is 1. The van der Waals surface area contributed by atoms with E-state index in [1.54, 1.807) is 36.7 Å². The molecule has 0 saturated carbocycles. The molecule has 7 nitrogen and oxygen atoms in total. The zero-order chi connectivity index (χ0) is 20.1. The summed E-state index contributed by atoms with van der Waals surface area (Å²) in [5, 5.41) is 6.75. The third-order valence-electron chi connectivity index (χ3n) is 4.25. The third kappa shape index (κ3) is 4.08. The van der Waals surface area contributed by atoms with E-state index in [1.807, 2.05) is 42.5 Å². The van der Waals surface area contributed by atoms with Crippen LogP contribution in [0.1, 0.15) is 15.9 Å². The van der Waals surface area contributed by atoms with Crippen LogP contribution < -0.4 is 15.8 Å². The fourth-order valence-corrected chi connectivity index (χ4v) is 2.84. The molecule has 144 valence electrons. The average molecular weight is 386 g/mol. The van der Waals surface area contributed by atoms with Crippen molar-refractivity contribution in [2.24, 2.45) is 0 Å². The molecule has 0 aliphatic heterocycles. The van der Waals surface area contributed by atoms with Gasteiger partial charge in [0, 0.05) is 18.0 Å². The summed E-state index contributed by atoms with van der Waals surface area (Å²) < 4.78 is 10.9. The van der Waals surface area contributed by atoms with Crippen molar-refractivity contribution in [3.8, 4) is 17.0 Å². The Bertz CT molecular complexity index is 1110. The van der Waals surface area contributed by atoms with Crippen LogP contribution in [0.4, 0.5) is 11.6 Å². The number of aromatic nitrogens is 2. The molecular formula is C22H18N4O3. The SMILES string of the molecule is Nc1onc(-c2cccnc2)c1C(=O)Nc1ccccc1OCc1ccccc1. The van der Waals surface area contributed by atoms with E-state index < -0.39 is 5.91 Å². The summed E-state index contributed by atoms with van der Waals surface area (Å²) in [5.41, 5.74) is 8.52. The molecule has 7 heteroatoms. The van der Waals surface area contributed by atoms with Crippen LogP contribution in [0.15, 0.2) is 83.6 Å². The van der Waals surface area contributed by atoms with Gasteiger partial charge in [-0.15, -0.1) is 0 Å². The van der Waals surface area contributed by atoms with E-state index in [0.717, 1.165) is 5.56 Å². The minimum Gasteiger partial charge on any atom is -0.487 e. The number of hydrogen-bond acceptors (Lipinski definition) is 6. The molecule has 0 atom stereocenters. The van der Waals surface area contributed by atoms with Crippen LogP contribution in [0.3, 0.4) is 0 Å². The zero-order valence-electron chi connectivity index (χ0n) is 15.4. The number of nitrogens with two attached hydrogens (primary N) is 1. The maximum atomic E-state index is 12.9. The second-order valence-corrected chi connectivity index (χ2v) is 6.24. The number of para-hydroxylation sites is 2. The summed E-state index contributed by atoms with van der Waals surface area (Å²) >= 11 is 0. The van der Waals surface area contributed by atoms with E-state index in [1.165, 1.54) is 0 Å². The number of anilines is 2. The fourth-order valence-electron chi connectivity index (χ4n) is 2.84. The number of amides is 1. The number of carbonyl (C=O) groups excluding carboxylic acids is 1. The van der Waals surface area contributed by atoms with Gasteiger partial charge in [0.15, 0.2) is 0 Å². The molecule has 0 bridgehead atoms. The predicted molar refractivity (Wildman–Crippen MR) is 109 cm³/mol. The number of benzene rings is 2. The fraction of sp³-hybridized carbons (Fsp3) is 0.0455. The summed E-state index contributed by atoms with van der Waals surface area (Å²) in [6, 6.07) is 20.5. The Hall–Kier alpha value is -4.13. The smallest absolute Gasteiger partial charge is 0.263 e. The van der Waals surface area contributed by atoms with E-state index in [2.05, 4.69) is 15.5 Å². The van der Waals surface area contributed by atoms with Gasteiger partial charge in [0.2, 0.25) is 5.88 Å². The summed E-state index contributed by atoms with van der Waals surface area (Å²) in [7, 11) is 0. The molecule has 2 aromatic heterocycles. The molecule has 4 aromatic rings. The van der Waals surface area contributed by atoms with E-state index in [0.29, 0.717) is 29.3 Å². The largest absolute Gasteiger partial charge is 0.487 e. The lowest BCUT2D eigenvalue weighted by molar-refractivity contribution is 0.102. The Labute approximate surface area is 167 Å². The average Bonchev–Trinajstić information content (AvgIpc) is 3.16. The van der Waals surface area contributed by atoms with Gasteiger partial charge in [-0.2, -0.15) is 0 Å². The molecule has 0 aliphatic rings. The number of hydrogen-bond donors (Lipinski definition) is 2. The molecule has 4 rings (SSSR count). The van der Waals surface area contributed by atoms with Crippen molar-refractivity contribution < 1.29 is 14.1 Å². The van der Waals surface area contributed by atoms with Crippen LogP contribution in [-0.2, 0) is 6.61 Å². The van der Waals surface area contributed by atoms with Gasteiger partial charge in [0.05, 0.1) is 5.69 Å². The molecule has 0 fully saturated rings. The molecule has 2 heterocycles. The van der Waals surface area contributed by atoms with E-state index in [4.69, 9.17) is 15.0 Å². The summed E-state index contributed by atoms with van der Waals surface area (Å²) in [6.45, 7) is 0.379. The summed E-state index contributed by atoms with van der Waals surface area (Å²) in [4.78, 5) is 17.0. The van der Waals surface area contributed by atoms with Gasteiger partial charge in [-0.05, 0) is 29.8 Å². The molecular weight excluding hydrogens is 368 g/mol. The zero-order valence-corrected chi connectivity index (χ0v) is 15.4. The van der Waals surface area contributed by atoms with Gasteiger partial charge in [-0.1, -0.05) is 47.6 Å². The highest BCUT2D eigenvalue weighted by atomic mass is 16.5. The molecule has 29 heavy (non-hydrogen) atoms. The third-order valence-corrected chi connectivity index (χ3v) is 4.25. The first-order valence-electron chi connectivity index (χ1n) is 8.95. The van der Waals surface area contributed by atoms with Gasteiger partial charge in [0.1, 0.15) is 23.6 Å². The number of pyridine rings is 1. The summed E-state index contributed by atoms with van der Waals surface area (Å²) in [6.07, 6.45) is 3.22. The van der Waals surface area contributed by atoms with E-state index >= 15 is 0 Å². The topological polar surface area (TPSA) is 103 Å². The monoisotopic (exact) mass is 386 g/mol. The quantitative estimate of drug-likeness (QED) is 0.516. The first kappa shape index (κ1) is 18.2. The lowest BCUT2D eigenvalue weighted by atomic mass is 10.1. The number of rotatable bonds is 6. The van der Waals surface area contributed by atoms with Crippen molar-refractivity contribution in [1.82, 2.24) is 10.1 Å². The second-order valence-electron chi connectivity index (χ2n) is 6.24. The maximum absolute atomic E-state index is 12.9. The lowest BCUT2D eigenvalue weighted by Crippen LogP contribution is -2.15. The molecule has 2 aromatic carbocycles. The van der Waals surface area contributed by atoms with Crippen LogP contribution in [0.25, 0.3) is 11.3 Å². The predicted octanol–water partition coefficient (Wildman–Crippen LogP) is 4.15. The number of nitrogen functional groups attached to an aromatic ring is 1. The van der Waals surface area contributed by atoms with Crippen LogP contribution in [0, 0.1) is 0 Å². The molecule has 0 spiro atoms. The Balaban J connectivity index is 1.56. The Morgan fingerprint density at radius 1 is 1.03 bits per heavy atom. The Morgan fingerprint density at radius 2 is 1.83 bits per heavy atom.